The van der Waals surface area contributed by atoms with E-state index >= 15 is 0 Å². The van der Waals surface area contributed by atoms with E-state index in [0.717, 1.165) is 11.3 Å². The standard InChI is InChI=1S/C19H14ClN3O2S2/c20-14-3-1-4-15(11-14)22-19(26)23-21-12-13-6-8-16(9-7-13)25-18(24)17-5-2-10-27-17/h1-12H,(H2,22,23,26)/b21-12+. The minimum atomic E-state index is -0.370. The summed E-state index contributed by atoms with van der Waals surface area (Å²) < 4.78 is 5.30. The van der Waals surface area contributed by atoms with Crippen molar-refractivity contribution in [2.24, 2.45) is 5.10 Å². The SMILES string of the molecule is O=C(Oc1ccc(/C=N/NC(=S)Nc2cccc(Cl)c2)cc1)c1cccs1. The van der Waals surface area contributed by atoms with Gasteiger partial charge in [0.1, 0.15) is 10.6 Å². The van der Waals surface area contributed by atoms with Crippen molar-refractivity contribution in [3.05, 3.63) is 81.5 Å². The van der Waals surface area contributed by atoms with Crippen molar-refractivity contribution >= 4 is 58.1 Å². The predicted molar refractivity (Wildman–Crippen MR) is 114 cm³/mol. The first-order valence-corrected chi connectivity index (χ1v) is 9.48. The lowest BCUT2D eigenvalue weighted by Crippen LogP contribution is -2.23. The predicted octanol–water partition coefficient (Wildman–Crippen LogP) is 4.94. The monoisotopic (exact) mass is 415 g/mol. The third-order valence-corrected chi connectivity index (χ3v) is 4.55. The number of anilines is 1. The molecule has 136 valence electrons. The molecule has 0 bridgehead atoms. The Balaban J connectivity index is 1.50. The summed E-state index contributed by atoms with van der Waals surface area (Å²) in [5.74, 6) is 0.0992. The number of thiophene rings is 1. The third kappa shape index (κ3) is 5.89. The Hall–Kier alpha value is -2.74. The van der Waals surface area contributed by atoms with Crippen molar-refractivity contribution in [2.45, 2.75) is 0 Å². The minimum absolute atomic E-state index is 0.343. The Labute approximate surface area is 170 Å². The van der Waals surface area contributed by atoms with Gasteiger partial charge in [0.15, 0.2) is 5.11 Å². The number of hydrogen-bond acceptors (Lipinski definition) is 5. The quantitative estimate of drug-likeness (QED) is 0.203. The van der Waals surface area contributed by atoms with Crippen molar-refractivity contribution in [1.82, 2.24) is 5.43 Å². The van der Waals surface area contributed by atoms with Crippen molar-refractivity contribution in [1.29, 1.82) is 0 Å². The number of halogens is 1. The number of ether oxygens (including phenoxy) is 1. The molecule has 27 heavy (non-hydrogen) atoms. The number of hydrazone groups is 1. The summed E-state index contributed by atoms with van der Waals surface area (Å²) in [5, 5.41) is 9.84. The summed E-state index contributed by atoms with van der Waals surface area (Å²) >= 11 is 12.4. The Kier molecular flexibility index (Phi) is 6.54. The molecule has 5 nitrogen and oxygen atoms in total. The fourth-order valence-electron chi connectivity index (χ4n) is 2.06. The summed E-state index contributed by atoms with van der Waals surface area (Å²) in [4.78, 5) is 12.5. The van der Waals surface area contributed by atoms with Crippen LogP contribution in [-0.4, -0.2) is 17.3 Å². The molecule has 2 N–H and O–H groups in total. The second-order valence-corrected chi connectivity index (χ2v) is 7.06. The fraction of sp³-hybridized carbons (Fsp3) is 0. The molecule has 0 aliphatic heterocycles. The van der Waals surface area contributed by atoms with E-state index in [1.807, 2.05) is 17.5 Å². The Morgan fingerprint density at radius 3 is 2.67 bits per heavy atom. The van der Waals surface area contributed by atoms with E-state index in [4.69, 9.17) is 28.6 Å². The highest BCUT2D eigenvalue weighted by Crippen LogP contribution is 2.16. The molecule has 0 radical (unpaired) electrons. The van der Waals surface area contributed by atoms with Gasteiger partial charge >= 0.3 is 5.97 Å². The number of rotatable bonds is 5. The van der Waals surface area contributed by atoms with Gasteiger partial charge in [-0.1, -0.05) is 23.7 Å². The van der Waals surface area contributed by atoms with Gasteiger partial charge < -0.3 is 10.1 Å². The van der Waals surface area contributed by atoms with Crippen molar-refractivity contribution in [3.63, 3.8) is 0 Å². The van der Waals surface area contributed by atoms with Gasteiger partial charge in [0.05, 0.1) is 6.21 Å². The zero-order valence-electron chi connectivity index (χ0n) is 13.9. The van der Waals surface area contributed by atoms with Crippen LogP contribution >= 0.6 is 35.2 Å². The van der Waals surface area contributed by atoms with Crippen LogP contribution in [0.1, 0.15) is 15.2 Å². The molecule has 0 aliphatic rings. The summed E-state index contributed by atoms with van der Waals surface area (Å²) in [6.45, 7) is 0. The third-order valence-electron chi connectivity index (χ3n) is 3.28. The largest absolute Gasteiger partial charge is 0.422 e. The number of hydrogen-bond donors (Lipinski definition) is 2. The number of nitrogens with one attached hydrogen (secondary N) is 2. The van der Waals surface area contributed by atoms with Crippen molar-refractivity contribution < 1.29 is 9.53 Å². The Bertz CT molecular complexity index is 957. The molecular formula is C19H14ClN3O2S2. The lowest BCUT2D eigenvalue weighted by molar-refractivity contribution is 0.0740. The van der Waals surface area contributed by atoms with Gasteiger partial charge in [0.25, 0.3) is 0 Å². The number of benzene rings is 2. The smallest absolute Gasteiger partial charge is 0.353 e. The van der Waals surface area contributed by atoms with Gasteiger partial charge in [-0.05, 0) is 71.7 Å². The molecule has 0 saturated heterocycles. The first-order valence-electron chi connectivity index (χ1n) is 7.81. The normalized spacial score (nSPS) is 10.6. The van der Waals surface area contributed by atoms with E-state index in [-0.39, 0.29) is 5.97 Å². The summed E-state index contributed by atoms with van der Waals surface area (Å²) in [5.41, 5.74) is 4.32. The van der Waals surface area contributed by atoms with E-state index in [9.17, 15) is 4.79 Å². The topological polar surface area (TPSA) is 62.7 Å². The lowest BCUT2D eigenvalue weighted by Gasteiger charge is -2.07. The van der Waals surface area contributed by atoms with Gasteiger partial charge in [0.2, 0.25) is 0 Å². The average molecular weight is 416 g/mol. The zero-order valence-corrected chi connectivity index (χ0v) is 16.3. The first-order chi connectivity index (χ1) is 13.1. The number of carbonyl (C=O) groups is 1. The van der Waals surface area contributed by atoms with Crippen LogP contribution in [0.3, 0.4) is 0 Å². The highest BCUT2D eigenvalue weighted by Gasteiger charge is 2.08. The van der Waals surface area contributed by atoms with Crippen LogP contribution in [0.25, 0.3) is 0 Å². The number of esters is 1. The average Bonchev–Trinajstić information content (AvgIpc) is 3.18. The van der Waals surface area contributed by atoms with Crippen LogP contribution in [0.5, 0.6) is 5.75 Å². The van der Waals surface area contributed by atoms with E-state index < -0.39 is 0 Å². The van der Waals surface area contributed by atoms with Crippen LogP contribution in [0.2, 0.25) is 5.02 Å². The number of carbonyl (C=O) groups excluding carboxylic acids is 1. The van der Waals surface area contributed by atoms with Gasteiger partial charge in [-0.2, -0.15) is 5.10 Å². The molecule has 0 atom stereocenters. The molecule has 0 fully saturated rings. The van der Waals surface area contributed by atoms with Crippen LogP contribution in [0, 0.1) is 0 Å². The summed E-state index contributed by atoms with van der Waals surface area (Å²) in [7, 11) is 0. The van der Waals surface area contributed by atoms with Crippen LogP contribution in [0.15, 0.2) is 71.1 Å². The molecule has 3 aromatic rings. The van der Waals surface area contributed by atoms with Crippen LogP contribution in [-0.2, 0) is 0 Å². The summed E-state index contributed by atoms with van der Waals surface area (Å²) in [6.07, 6.45) is 1.61. The maximum absolute atomic E-state index is 11.9. The lowest BCUT2D eigenvalue weighted by atomic mass is 10.2. The molecule has 8 heteroatoms. The molecule has 0 amide bonds. The fourth-order valence-corrected chi connectivity index (χ4v) is 3.02. The van der Waals surface area contributed by atoms with Crippen LogP contribution in [0.4, 0.5) is 5.69 Å². The number of nitrogens with zero attached hydrogens (tertiary/aromatic N) is 1. The van der Waals surface area contributed by atoms with E-state index in [0.29, 0.717) is 20.8 Å². The Morgan fingerprint density at radius 1 is 1.15 bits per heavy atom. The summed E-state index contributed by atoms with van der Waals surface area (Å²) in [6, 6.07) is 17.7. The molecular weight excluding hydrogens is 402 g/mol. The number of thiocarbonyl (C=S) groups is 1. The molecule has 0 aliphatic carbocycles. The Morgan fingerprint density at radius 2 is 1.96 bits per heavy atom. The van der Waals surface area contributed by atoms with Gasteiger partial charge in [0, 0.05) is 10.7 Å². The first kappa shape index (κ1) is 19.0. The highest BCUT2D eigenvalue weighted by atomic mass is 35.5. The highest BCUT2D eigenvalue weighted by molar-refractivity contribution is 7.80. The van der Waals surface area contributed by atoms with Gasteiger partial charge in [-0.3, -0.25) is 5.43 Å². The molecule has 1 heterocycles. The van der Waals surface area contributed by atoms with Gasteiger partial charge in [-0.25, -0.2) is 4.79 Å². The van der Waals surface area contributed by atoms with Gasteiger partial charge in [-0.15, -0.1) is 11.3 Å². The van der Waals surface area contributed by atoms with Crippen molar-refractivity contribution in [2.75, 3.05) is 5.32 Å². The van der Waals surface area contributed by atoms with E-state index in [1.165, 1.54) is 11.3 Å². The van der Waals surface area contributed by atoms with E-state index in [1.54, 1.807) is 54.7 Å². The molecule has 1 aromatic heterocycles. The molecule has 2 aromatic carbocycles. The molecule has 0 spiro atoms. The second-order valence-electron chi connectivity index (χ2n) is 5.27. The zero-order chi connectivity index (χ0) is 19.1. The molecule has 0 unspecified atom stereocenters. The van der Waals surface area contributed by atoms with Crippen LogP contribution < -0.4 is 15.5 Å². The molecule has 3 rings (SSSR count). The van der Waals surface area contributed by atoms with E-state index in [2.05, 4.69) is 15.8 Å². The second kappa shape index (κ2) is 9.27. The molecule has 0 saturated carbocycles. The maximum atomic E-state index is 11.9. The van der Waals surface area contributed by atoms with Crippen molar-refractivity contribution in [3.8, 4) is 5.75 Å². The minimum Gasteiger partial charge on any atom is -0.422 e. The maximum Gasteiger partial charge on any atom is 0.353 e.